The monoisotopic (exact) mass is 593 g/mol. The predicted octanol–water partition coefficient (Wildman–Crippen LogP) is 1.91. The SMILES string of the molecule is C1=CC[C]([Zr][C]2=CC=CC2)=C1.Cl.Cl.O=C(O)C1CCN2CCCN=C2N1.[InH3]. The summed E-state index contributed by atoms with van der Waals surface area (Å²) in [5.74, 6) is -0.0159. The molecule has 2 aliphatic heterocycles. The average molecular weight is 595 g/mol. The number of nitrogens with zero attached hydrogens (tertiary/aromatic N) is 2. The van der Waals surface area contributed by atoms with Crippen molar-refractivity contribution in [1.29, 1.82) is 0 Å². The molecule has 0 amide bonds. The van der Waals surface area contributed by atoms with Gasteiger partial charge < -0.3 is 15.3 Å². The summed E-state index contributed by atoms with van der Waals surface area (Å²) in [6.45, 7) is 2.62. The third-order valence-corrected chi connectivity index (χ3v) is 7.70. The van der Waals surface area contributed by atoms with Crippen molar-refractivity contribution in [3.63, 3.8) is 0 Å². The molecule has 1 unspecified atom stereocenters. The van der Waals surface area contributed by atoms with Gasteiger partial charge in [0.05, 0.1) is 0 Å². The number of carboxylic acids is 1. The molecule has 0 spiro atoms. The Bertz CT molecular complexity index is 623. The van der Waals surface area contributed by atoms with Crippen molar-refractivity contribution in [2.75, 3.05) is 19.6 Å². The molecule has 2 aliphatic carbocycles. The first-order valence-electron chi connectivity index (χ1n) is 8.49. The fourth-order valence-electron chi connectivity index (χ4n) is 2.99. The molecule has 4 aliphatic rings. The number of carbonyl (C=O) groups is 1. The van der Waals surface area contributed by atoms with E-state index in [1.807, 2.05) is 0 Å². The van der Waals surface area contributed by atoms with Gasteiger partial charge in [-0.25, -0.2) is 4.79 Å². The molecule has 0 saturated carbocycles. The summed E-state index contributed by atoms with van der Waals surface area (Å²) in [5, 5.41) is 11.7. The third-order valence-electron chi connectivity index (χ3n) is 4.30. The first-order chi connectivity index (χ1) is 11.7. The summed E-state index contributed by atoms with van der Waals surface area (Å²) >= 11 is -0.312. The van der Waals surface area contributed by atoms with Gasteiger partial charge in [-0.2, -0.15) is 0 Å². The maximum atomic E-state index is 10.7. The van der Waals surface area contributed by atoms with Crippen molar-refractivity contribution in [3.8, 4) is 0 Å². The van der Waals surface area contributed by atoms with Crippen LogP contribution in [0.25, 0.3) is 0 Å². The Morgan fingerprint density at radius 1 is 1.15 bits per heavy atom. The van der Waals surface area contributed by atoms with Crippen LogP contribution in [0.15, 0.2) is 48.0 Å². The molecule has 0 aromatic rings. The predicted molar refractivity (Wildman–Crippen MR) is 116 cm³/mol. The van der Waals surface area contributed by atoms with Gasteiger partial charge in [-0.1, -0.05) is 0 Å². The molecule has 0 bridgehead atoms. The molecule has 2 heterocycles. The van der Waals surface area contributed by atoms with Crippen LogP contribution in [0.5, 0.6) is 0 Å². The van der Waals surface area contributed by atoms with Crippen LogP contribution >= 0.6 is 24.8 Å². The Balaban J connectivity index is 0.000000455. The number of guanidine groups is 1. The molecule has 9 heteroatoms. The van der Waals surface area contributed by atoms with Crippen molar-refractivity contribution in [3.05, 3.63) is 43.0 Å². The number of rotatable bonds is 3. The van der Waals surface area contributed by atoms with E-state index in [2.05, 4.69) is 51.7 Å². The summed E-state index contributed by atoms with van der Waals surface area (Å²) in [5.41, 5.74) is 0. The van der Waals surface area contributed by atoms with Gasteiger partial charge in [-0.15, -0.1) is 24.8 Å². The number of aliphatic imine (C=N–C) groups is 1. The average Bonchev–Trinajstić information content (AvgIpc) is 3.29. The van der Waals surface area contributed by atoms with E-state index in [4.69, 9.17) is 5.11 Å². The van der Waals surface area contributed by atoms with E-state index < -0.39 is 12.0 Å². The molecule has 1 saturated heterocycles. The Hall–Kier alpha value is 0.0332. The van der Waals surface area contributed by atoms with Gasteiger partial charge >= 0.3 is 111 Å². The number of allylic oxidation sites excluding steroid dienone is 8. The van der Waals surface area contributed by atoms with Crippen molar-refractivity contribution < 1.29 is 33.1 Å². The Labute approximate surface area is 203 Å². The van der Waals surface area contributed by atoms with Crippen LogP contribution in [0, 0.1) is 0 Å². The number of fused-ring (bicyclic) bond motifs is 1. The van der Waals surface area contributed by atoms with Gasteiger partial charge in [0.2, 0.25) is 0 Å². The Kier molecular flexibility index (Phi) is 14.1. The van der Waals surface area contributed by atoms with Gasteiger partial charge in [0.1, 0.15) is 6.04 Å². The van der Waals surface area contributed by atoms with E-state index in [1.165, 1.54) is 12.8 Å². The van der Waals surface area contributed by atoms with Crippen molar-refractivity contribution >= 4 is 62.6 Å². The number of carboxylic acid groups (broad SMARTS) is 1. The minimum atomic E-state index is -0.784. The molecule has 27 heavy (non-hydrogen) atoms. The van der Waals surface area contributed by atoms with Crippen LogP contribution in [0.2, 0.25) is 0 Å². The Morgan fingerprint density at radius 3 is 2.30 bits per heavy atom. The maximum absolute atomic E-state index is 10.7. The summed E-state index contributed by atoms with van der Waals surface area (Å²) in [6.07, 6.45) is 17.7. The van der Waals surface area contributed by atoms with Crippen molar-refractivity contribution in [2.45, 2.75) is 31.7 Å². The minimum absolute atomic E-state index is 0. The van der Waals surface area contributed by atoms with Crippen LogP contribution in [0.1, 0.15) is 25.7 Å². The van der Waals surface area contributed by atoms with Crippen LogP contribution < -0.4 is 5.32 Å². The van der Waals surface area contributed by atoms with E-state index in [1.54, 1.807) is 6.56 Å². The van der Waals surface area contributed by atoms with E-state index >= 15 is 0 Å². The molecule has 2 N–H and O–H groups in total. The number of nitrogens with one attached hydrogen (secondary N) is 1. The molecule has 1 atom stereocenters. The molecule has 0 radical (unpaired) electrons. The first-order valence-corrected chi connectivity index (χ1v) is 11.0. The zero-order valence-electron chi connectivity index (χ0n) is 14.6. The van der Waals surface area contributed by atoms with Crippen LogP contribution in [-0.2, 0) is 28.0 Å². The van der Waals surface area contributed by atoms with E-state index in [0.717, 1.165) is 32.0 Å². The van der Waals surface area contributed by atoms with Crippen LogP contribution in [-0.4, -0.2) is 73.5 Å². The number of hydrogen-bond acceptors (Lipinski definition) is 4. The van der Waals surface area contributed by atoms with E-state index in [0.29, 0.717) is 6.42 Å². The first kappa shape index (κ1) is 27.0. The topological polar surface area (TPSA) is 64.9 Å². The molecule has 5 nitrogen and oxygen atoms in total. The fraction of sp³-hybridized carbons (Fsp3) is 0.444. The van der Waals surface area contributed by atoms with E-state index in [-0.39, 0.29) is 73.9 Å². The zero-order valence-corrected chi connectivity index (χ0v) is 18.6. The normalized spacial score (nSPS) is 21.4. The zero-order chi connectivity index (χ0) is 16.8. The second kappa shape index (κ2) is 14.1. The summed E-state index contributed by atoms with van der Waals surface area (Å²) < 4.78 is 3.45. The number of halogens is 2. The summed E-state index contributed by atoms with van der Waals surface area (Å²) in [7, 11) is 0. The molecule has 4 rings (SSSR count). The number of hydrogen-bond donors (Lipinski definition) is 2. The van der Waals surface area contributed by atoms with E-state index in [9.17, 15) is 4.79 Å². The van der Waals surface area contributed by atoms with Crippen LogP contribution in [0.4, 0.5) is 0 Å². The molecular weight excluding hydrogens is 567 g/mol. The molecule has 1 fully saturated rings. The molecular formula is C18H28Cl2InN3O2Zr. The van der Waals surface area contributed by atoms with Gasteiger partial charge in [0, 0.05) is 19.6 Å². The second-order valence-corrected chi connectivity index (χ2v) is 9.91. The molecule has 0 aromatic carbocycles. The van der Waals surface area contributed by atoms with Gasteiger partial charge in [0.15, 0.2) is 5.96 Å². The summed E-state index contributed by atoms with van der Waals surface area (Å²) in [6, 6.07) is -0.451. The molecule has 0 aromatic heterocycles. The number of aliphatic carboxylic acids is 1. The Morgan fingerprint density at radius 2 is 1.78 bits per heavy atom. The van der Waals surface area contributed by atoms with Gasteiger partial charge in [0.25, 0.3) is 0 Å². The van der Waals surface area contributed by atoms with Crippen LogP contribution in [0.3, 0.4) is 0 Å². The second-order valence-electron chi connectivity index (χ2n) is 6.14. The molecule has 148 valence electrons. The third kappa shape index (κ3) is 8.51. The van der Waals surface area contributed by atoms with Gasteiger partial charge in [-0.05, 0) is 12.8 Å². The van der Waals surface area contributed by atoms with Gasteiger partial charge in [-0.3, -0.25) is 4.99 Å². The standard InChI is InChI=1S/C8H13N3O2.2C5H5.2ClH.In.Zr.3H/c12-7(13)6-2-5-11-4-1-3-9-8(11)10-6;2*1-2-4-5-3-1;;;;;;;/h6H,1-5H2,(H,9,10)(H,12,13);2*1-3H,4H2;2*1H;;;;;. The fourth-order valence-corrected chi connectivity index (χ4v) is 5.97. The quantitative estimate of drug-likeness (QED) is 0.524. The summed E-state index contributed by atoms with van der Waals surface area (Å²) in [4.78, 5) is 17.1. The van der Waals surface area contributed by atoms with Crippen molar-refractivity contribution in [2.24, 2.45) is 4.99 Å². The van der Waals surface area contributed by atoms with Crippen molar-refractivity contribution in [1.82, 2.24) is 10.2 Å².